The van der Waals surface area contributed by atoms with E-state index in [1.807, 2.05) is 18.2 Å². The van der Waals surface area contributed by atoms with Gasteiger partial charge in [-0.15, -0.1) is 0 Å². The van der Waals surface area contributed by atoms with Crippen molar-refractivity contribution in [3.63, 3.8) is 0 Å². The number of hydrogen-bond donors (Lipinski definition) is 2. The summed E-state index contributed by atoms with van der Waals surface area (Å²) in [5, 5.41) is 0. The number of nitrogens with two attached hydrogens (primary N) is 1. The molecule has 0 aromatic heterocycles. The first-order chi connectivity index (χ1) is 9.67. The second-order valence-corrected chi connectivity index (χ2v) is 5.02. The van der Waals surface area contributed by atoms with Gasteiger partial charge in [-0.2, -0.15) is 0 Å². The molecule has 3 heteroatoms. The Morgan fingerprint density at radius 2 is 1.85 bits per heavy atom. The standard InChI is InChI=1S/C17H22N2O/c1-12-7-6-9-15(13(12)2)16(19-18)11-14-8-4-5-10-17(14)20-3/h4-10,16,19H,11,18H2,1-3H3. The van der Waals surface area contributed by atoms with Crippen LogP contribution < -0.4 is 16.0 Å². The van der Waals surface area contributed by atoms with Crippen molar-refractivity contribution in [2.75, 3.05) is 7.11 Å². The van der Waals surface area contributed by atoms with Crippen LogP contribution >= 0.6 is 0 Å². The van der Waals surface area contributed by atoms with Crippen LogP contribution in [0.5, 0.6) is 5.75 Å². The lowest BCUT2D eigenvalue weighted by atomic mass is 9.93. The predicted octanol–water partition coefficient (Wildman–Crippen LogP) is 3.06. The van der Waals surface area contributed by atoms with Crippen LogP contribution in [0.4, 0.5) is 0 Å². The third-order valence-electron chi connectivity index (χ3n) is 3.84. The zero-order valence-electron chi connectivity index (χ0n) is 12.3. The molecule has 3 nitrogen and oxygen atoms in total. The van der Waals surface area contributed by atoms with Crippen LogP contribution in [-0.4, -0.2) is 7.11 Å². The molecule has 2 aromatic carbocycles. The third kappa shape index (κ3) is 3.00. The minimum absolute atomic E-state index is 0.0752. The number of para-hydroxylation sites is 1. The fourth-order valence-electron chi connectivity index (χ4n) is 2.50. The maximum atomic E-state index is 5.77. The summed E-state index contributed by atoms with van der Waals surface area (Å²) in [7, 11) is 1.70. The van der Waals surface area contributed by atoms with Crippen LogP contribution in [0.25, 0.3) is 0 Å². The molecule has 3 N–H and O–H groups in total. The minimum Gasteiger partial charge on any atom is -0.496 e. The zero-order valence-corrected chi connectivity index (χ0v) is 12.3. The maximum Gasteiger partial charge on any atom is 0.122 e. The van der Waals surface area contributed by atoms with Crippen molar-refractivity contribution < 1.29 is 4.74 Å². The second kappa shape index (κ2) is 6.55. The normalized spacial score (nSPS) is 12.2. The molecule has 1 unspecified atom stereocenters. The Labute approximate surface area is 120 Å². The molecule has 0 radical (unpaired) electrons. The fourth-order valence-corrected chi connectivity index (χ4v) is 2.50. The Morgan fingerprint density at radius 3 is 2.55 bits per heavy atom. The minimum atomic E-state index is 0.0752. The number of benzene rings is 2. The highest BCUT2D eigenvalue weighted by Gasteiger charge is 2.15. The van der Waals surface area contributed by atoms with Crippen LogP contribution in [0.15, 0.2) is 42.5 Å². The maximum absolute atomic E-state index is 5.77. The molecule has 2 aromatic rings. The van der Waals surface area contributed by atoms with E-state index in [0.29, 0.717) is 0 Å². The summed E-state index contributed by atoms with van der Waals surface area (Å²) in [6, 6.07) is 14.5. The van der Waals surface area contributed by atoms with Gasteiger partial charge in [0.15, 0.2) is 0 Å². The van der Waals surface area contributed by atoms with Gasteiger partial charge in [0.25, 0.3) is 0 Å². The molecule has 1 atom stereocenters. The predicted molar refractivity (Wildman–Crippen MR) is 82.7 cm³/mol. The van der Waals surface area contributed by atoms with Gasteiger partial charge in [-0.3, -0.25) is 11.3 Å². The number of methoxy groups -OCH3 is 1. The molecule has 0 bridgehead atoms. The summed E-state index contributed by atoms with van der Waals surface area (Å²) < 4.78 is 5.41. The van der Waals surface area contributed by atoms with E-state index in [1.165, 1.54) is 16.7 Å². The fraction of sp³-hybridized carbons (Fsp3) is 0.294. The van der Waals surface area contributed by atoms with Crippen molar-refractivity contribution in [3.8, 4) is 5.75 Å². The van der Waals surface area contributed by atoms with Gasteiger partial charge in [-0.25, -0.2) is 0 Å². The molecule has 0 spiro atoms. The van der Waals surface area contributed by atoms with E-state index >= 15 is 0 Å². The van der Waals surface area contributed by atoms with Crippen molar-refractivity contribution in [2.24, 2.45) is 5.84 Å². The Morgan fingerprint density at radius 1 is 1.10 bits per heavy atom. The van der Waals surface area contributed by atoms with E-state index in [9.17, 15) is 0 Å². The smallest absolute Gasteiger partial charge is 0.122 e. The van der Waals surface area contributed by atoms with Gasteiger partial charge in [-0.1, -0.05) is 36.4 Å². The largest absolute Gasteiger partial charge is 0.496 e. The second-order valence-electron chi connectivity index (χ2n) is 5.02. The molecule has 0 saturated heterocycles. The van der Waals surface area contributed by atoms with Gasteiger partial charge < -0.3 is 4.74 Å². The van der Waals surface area contributed by atoms with Crippen molar-refractivity contribution in [3.05, 3.63) is 64.7 Å². The molecule has 0 aliphatic rings. The van der Waals surface area contributed by atoms with E-state index in [1.54, 1.807) is 7.11 Å². The Kier molecular flexibility index (Phi) is 4.77. The molecule has 0 aliphatic heterocycles. The third-order valence-corrected chi connectivity index (χ3v) is 3.84. The average molecular weight is 270 g/mol. The SMILES string of the molecule is COc1ccccc1CC(NN)c1cccc(C)c1C. The number of hydrogen-bond acceptors (Lipinski definition) is 3. The summed E-state index contributed by atoms with van der Waals surface area (Å²) in [4.78, 5) is 0. The number of hydrazine groups is 1. The summed E-state index contributed by atoms with van der Waals surface area (Å²) >= 11 is 0. The summed E-state index contributed by atoms with van der Waals surface area (Å²) in [5.41, 5.74) is 7.88. The van der Waals surface area contributed by atoms with E-state index in [4.69, 9.17) is 10.6 Å². The van der Waals surface area contributed by atoms with Crippen molar-refractivity contribution in [1.29, 1.82) is 0 Å². The molecular formula is C17H22N2O. The molecule has 106 valence electrons. The molecule has 0 aliphatic carbocycles. The van der Waals surface area contributed by atoms with Gasteiger partial charge >= 0.3 is 0 Å². The first-order valence-corrected chi connectivity index (χ1v) is 6.81. The van der Waals surface area contributed by atoms with E-state index in [0.717, 1.165) is 17.7 Å². The average Bonchev–Trinajstić information content (AvgIpc) is 2.48. The highest BCUT2D eigenvalue weighted by Crippen LogP contribution is 2.27. The molecule has 0 saturated carbocycles. The van der Waals surface area contributed by atoms with Gasteiger partial charge in [0.2, 0.25) is 0 Å². The molecule has 0 fully saturated rings. The first-order valence-electron chi connectivity index (χ1n) is 6.81. The van der Waals surface area contributed by atoms with E-state index in [-0.39, 0.29) is 6.04 Å². The number of aryl methyl sites for hydroxylation is 1. The Balaban J connectivity index is 2.31. The highest BCUT2D eigenvalue weighted by molar-refractivity contribution is 5.39. The number of rotatable bonds is 5. The lowest BCUT2D eigenvalue weighted by molar-refractivity contribution is 0.405. The summed E-state index contributed by atoms with van der Waals surface area (Å²) in [6.07, 6.45) is 0.796. The quantitative estimate of drug-likeness (QED) is 0.648. The summed E-state index contributed by atoms with van der Waals surface area (Å²) in [5.74, 6) is 6.67. The van der Waals surface area contributed by atoms with Crippen LogP contribution in [-0.2, 0) is 6.42 Å². The monoisotopic (exact) mass is 270 g/mol. The number of ether oxygens (including phenoxy) is 1. The van der Waals surface area contributed by atoms with Crippen molar-refractivity contribution in [1.82, 2.24) is 5.43 Å². The van der Waals surface area contributed by atoms with Crippen LogP contribution in [0.1, 0.15) is 28.3 Å². The lowest BCUT2D eigenvalue weighted by Gasteiger charge is -2.21. The van der Waals surface area contributed by atoms with Crippen LogP contribution in [0, 0.1) is 13.8 Å². The van der Waals surface area contributed by atoms with Crippen molar-refractivity contribution in [2.45, 2.75) is 26.3 Å². The van der Waals surface area contributed by atoms with Gasteiger partial charge in [0, 0.05) is 0 Å². The molecule has 0 amide bonds. The van der Waals surface area contributed by atoms with Crippen LogP contribution in [0.2, 0.25) is 0 Å². The van der Waals surface area contributed by atoms with Gasteiger partial charge in [0.05, 0.1) is 13.2 Å². The molecular weight excluding hydrogens is 248 g/mol. The van der Waals surface area contributed by atoms with Gasteiger partial charge in [0.1, 0.15) is 5.75 Å². The first kappa shape index (κ1) is 14.6. The Bertz CT molecular complexity index is 581. The number of nitrogens with one attached hydrogen (secondary N) is 1. The summed E-state index contributed by atoms with van der Waals surface area (Å²) in [6.45, 7) is 4.26. The lowest BCUT2D eigenvalue weighted by Crippen LogP contribution is -2.30. The van der Waals surface area contributed by atoms with Crippen LogP contribution in [0.3, 0.4) is 0 Å². The Hall–Kier alpha value is -1.84. The van der Waals surface area contributed by atoms with E-state index < -0.39 is 0 Å². The molecule has 0 heterocycles. The molecule has 20 heavy (non-hydrogen) atoms. The molecule has 2 rings (SSSR count). The van der Waals surface area contributed by atoms with Crippen molar-refractivity contribution >= 4 is 0 Å². The van der Waals surface area contributed by atoms with E-state index in [2.05, 4.69) is 43.5 Å². The zero-order chi connectivity index (χ0) is 14.5. The highest BCUT2D eigenvalue weighted by atomic mass is 16.5. The topological polar surface area (TPSA) is 47.3 Å². The van der Waals surface area contributed by atoms with Gasteiger partial charge in [-0.05, 0) is 48.6 Å².